The summed E-state index contributed by atoms with van der Waals surface area (Å²) in [7, 11) is 0. The van der Waals surface area contributed by atoms with Gasteiger partial charge < -0.3 is 10.6 Å². The van der Waals surface area contributed by atoms with E-state index >= 15 is 0 Å². The summed E-state index contributed by atoms with van der Waals surface area (Å²) in [5.41, 5.74) is 0.551. The maximum atomic E-state index is 12.9. The highest BCUT2D eigenvalue weighted by Gasteiger charge is 2.43. The van der Waals surface area contributed by atoms with Crippen LogP contribution in [-0.2, 0) is 4.79 Å². The zero-order valence-electron chi connectivity index (χ0n) is 12.2. The van der Waals surface area contributed by atoms with Gasteiger partial charge in [-0.1, -0.05) is 29.3 Å². The zero-order chi connectivity index (χ0) is 17.3. The Bertz CT molecular complexity index is 795. The summed E-state index contributed by atoms with van der Waals surface area (Å²) in [4.78, 5) is 28.0. The number of benzene rings is 1. The minimum absolute atomic E-state index is 0.154. The van der Waals surface area contributed by atoms with Crippen LogP contribution in [0.2, 0.25) is 10.0 Å². The van der Waals surface area contributed by atoms with Crippen molar-refractivity contribution in [2.24, 2.45) is 5.92 Å². The fourth-order valence-corrected chi connectivity index (χ4v) is 2.71. The average molecular weight is 368 g/mol. The summed E-state index contributed by atoms with van der Waals surface area (Å²) in [6, 6.07) is 7.77. The number of carbonyl (C=O) groups excluding carboxylic acids is 2. The summed E-state index contributed by atoms with van der Waals surface area (Å²) < 4.78 is 12.9. The molecule has 1 aromatic carbocycles. The first-order chi connectivity index (χ1) is 11.5. The van der Waals surface area contributed by atoms with Crippen molar-refractivity contribution in [1.82, 2.24) is 4.98 Å². The molecular weight excluding hydrogens is 356 g/mol. The molecule has 2 atom stereocenters. The number of halogens is 3. The number of hydrogen-bond acceptors (Lipinski definition) is 3. The minimum atomic E-state index is -1.09. The third-order valence-corrected chi connectivity index (χ3v) is 4.14. The van der Waals surface area contributed by atoms with Crippen LogP contribution in [0, 0.1) is 5.92 Å². The third kappa shape index (κ3) is 3.66. The van der Waals surface area contributed by atoms with E-state index in [2.05, 4.69) is 15.6 Å². The van der Waals surface area contributed by atoms with Crippen LogP contribution in [0.5, 0.6) is 0 Å². The predicted octanol–water partition coefficient (Wildman–Crippen LogP) is 3.94. The Morgan fingerprint density at radius 2 is 1.83 bits per heavy atom. The van der Waals surface area contributed by atoms with E-state index in [1.54, 1.807) is 24.3 Å². The number of alkyl halides is 1. The van der Waals surface area contributed by atoms with Gasteiger partial charge >= 0.3 is 0 Å². The highest BCUT2D eigenvalue weighted by molar-refractivity contribution is 6.40. The first-order valence-corrected chi connectivity index (χ1v) is 7.87. The van der Waals surface area contributed by atoms with Gasteiger partial charge in [-0.15, -0.1) is 0 Å². The van der Waals surface area contributed by atoms with Gasteiger partial charge in [0, 0.05) is 18.0 Å². The SMILES string of the molecule is O=C(Nc1ccnc(NC(=O)[C@@H]2C[C@@H]2F)c1)c1c(Cl)cccc1Cl. The number of carbonyl (C=O) groups is 2. The molecule has 1 aromatic heterocycles. The molecule has 0 aliphatic heterocycles. The molecule has 24 heavy (non-hydrogen) atoms. The van der Waals surface area contributed by atoms with Gasteiger partial charge in [0.15, 0.2) is 0 Å². The monoisotopic (exact) mass is 367 g/mol. The molecule has 0 saturated heterocycles. The number of nitrogens with zero attached hydrogens (tertiary/aromatic N) is 1. The van der Waals surface area contributed by atoms with Crippen LogP contribution in [0.15, 0.2) is 36.5 Å². The molecule has 0 unspecified atom stereocenters. The number of nitrogens with one attached hydrogen (secondary N) is 2. The zero-order valence-corrected chi connectivity index (χ0v) is 13.7. The molecule has 1 heterocycles. The molecule has 2 N–H and O–H groups in total. The van der Waals surface area contributed by atoms with E-state index in [4.69, 9.17) is 23.2 Å². The highest BCUT2D eigenvalue weighted by atomic mass is 35.5. The lowest BCUT2D eigenvalue weighted by atomic mass is 10.2. The number of aromatic nitrogens is 1. The lowest BCUT2D eigenvalue weighted by molar-refractivity contribution is -0.117. The summed E-state index contributed by atoms with van der Waals surface area (Å²) in [5, 5.41) is 5.61. The van der Waals surface area contributed by atoms with Gasteiger partial charge in [-0.05, 0) is 24.6 Å². The molecule has 2 aromatic rings. The molecular formula is C16H12Cl2FN3O2. The Balaban J connectivity index is 1.72. The van der Waals surface area contributed by atoms with E-state index in [0.29, 0.717) is 5.69 Å². The van der Waals surface area contributed by atoms with Crippen LogP contribution < -0.4 is 10.6 Å². The fraction of sp³-hybridized carbons (Fsp3) is 0.188. The molecule has 8 heteroatoms. The topological polar surface area (TPSA) is 71.1 Å². The lowest BCUT2D eigenvalue weighted by Crippen LogP contribution is -2.17. The van der Waals surface area contributed by atoms with Gasteiger partial charge in [-0.3, -0.25) is 9.59 Å². The molecule has 1 saturated carbocycles. The molecule has 5 nitrogen and oxygen atoms in total. The van der Waals surface area contributed by atoms with Crippen LogP contribution in [0.1, 0.15) is 16.8 Å². The number of anilines is 2. The van der Waals surface area contributed by atoms with Gasteiger partial charge in [-0.2, -0.15) is 0 Å². The van der Waals surface area contributed by atoms with Gasteiger partial charge in [0.2, 0.25) is 5.91 Å². The molecule has 1 aliphatic carbocycles. The maximum Gasteiger partial charge on any atom is 0.258 e. The lowest BCUT2D eigenvalue weighted by Gasteiger charge is -2.10. The number of rotatable bonds is 4. The normalized spacial score (nSPS) is 18.8. The van der Waals surface area contributed by atoms with Crippen molar-refractivity contribution in [1.29, 1.82) is 0 Å². The van der Waals surface area contributed by atoms with Crippen molar-refractivity contribution >= 4 is 46.5 Å². The summed E-state index contributed by atoms with van der Waals surface area (Å²) in [6.07, 6.45) is 0.558. The fourth-order valence-electron chi connectivity index (χ4n) is 2.14. The van der Waals surface area contributed by atoms with E-state index < -0.39 is 23.9 Å². The predicted molar refractivity (Wildman–Crippen MR) is 90.3 cm³/mol. The molecule has 0 spiro atoms. The van der Waals surface area contributed by atoms with Gasteiger partial charge in [0.05, 0.1) is 21.5 Å². The van der Waals surface area contributed by atoms with Crippen LogP contribution in [0.25, 0.3) is 0 Å². The number of hydrogen-bond donors (Lipinski definition) is 2. The third-order valence-electron chi connectivity index (χ3n) is 3.51. The quantitative estimate of drug-likeness (QED) is 0.859. The summed E-state index contributed by atoms with van der Waals surface area (Å²) >= 11 is 12.0. The van der Waals surface area contributed by atoms with E-state index in [-0.39, 0.29) is 27.8 Å². The molecule has 1 fully saturated rings. The molecule has 2 amide bonds. The Labute approximate surface area is 147 Å². The van der Waals surface area contributed by atoms with E-state index in [1.165, 1.54) is 12.3 Å². The molecule has 124 valence electrons. The smallest absolute Gasteiger partial charge is 0.258 e. The van der Waals surface area contributed by atoms with Gasteiger partial charge in [0.1, 0.15) is 12.0 Å². The van der Waals surface area contributed by atoms with Crippen molar-refractivity contribution in [3.05, 3.63) is 52.1 Å². The Morgan fingerprint density at radius 3 is 2.46 bits per heavy atom. The first kappa shape index (κ1) is 16.7. The summed E-state index contributed by atoms with van der Waals surface area (Å²) in [6.45, 7) is 0. The molecule has 0 radical (unpaired) electrons. The second-order valence-electron chi connectivity index (χ2n) is 5.33. The second-order valence-corrected chi connectivity index (χ2v) is 6.14. The van der Waals surface area contributed by atoms with Crippen LogP contribution in [0.4, 0.5) is 15.9 Å². The second kappa shape index (κ2) is 6.75. The van der Waals surface area contributed by atoms with Gasteiger partial charge in [-0.25, -0.2) is 9.37 Å². The van der Waals surface area contributed by atoms with Crippen molar-refractivity contribution in [2.45, 2.75) is 12.6 Å². The van der Waals surface area contributed by atoms with Crippen LogP contribution in [-0.4, -0.2) is 23.0 Å². The summed E-state index contributed by atoms with van der Waals surface area (Å²) in [5.74, 6) is -1.30. The largest absolute Gasteiger partial charge is 0.322 e. The molecule has 3 rings (SSSR count). The number of pyridine rings is 1. The van der Waals surface area contributed by atoms with Crippen LogP contribution in [0.3, 0.4) is 0 Å². The van der Waals surface area contributed by atoms with E-state index in [1.807, 2.05) is 0 Å². The Morgan fingerprint density at radius 1 is 1.17 bits per heavy atom. The van der Waals surface area contributed by atoms with Gasteiger partial charge in [0.25, 0.3) is 5.91 Å². The van der Waals surface area contributed by atoms with Crippen LogP contribution >= 0.6 is 23.2 Å². The standard InChI is InChI=1S/C16H12Cl2FN3O2/c17-10-2-1-3-11(18)14(10)16(24)21-8-4-5-20-13(6-8)22-15(23)9-7-12(9)19/h1-6,9,12H,7H2,(H2,20,21,22,23,24)/t9-,12+/m1/s1. The van der Waals surface area contributed by atoms with Crippen molar-refractivity contribution < 1.29 is 14.0 Å². The minimum Gasteiger partial charge on any atom is -0.322 e. The molecule has 1 aliphatic rings. The first-order valence-electron chi connectivity index (χ1n) is 7.12. The average Bonchev–Trinajstić information content (AvgIpc) is 3.24. The Kier molecular flexibility index (Phi) is 4.69. The highest BCUT2D eigenvalue weighted by Crippen LogP contribution is 2.34. The van der Waals surface area contributed by atoms with Crippen molar-refractivity contribution in [3.8, 4) is 0 Å². The maximum absolute atomic E-state index is 12.9. The number of amides is 2. The Hall–Kier alpha value is -2.18. The van der Waals surface area contributed by atoms with E-state index in [0.717, 1.165) is 0 Å². The van der Waals surface area contributed by atoms with E-state index in [9.17, 15) is 14.0 Å². The van der Waals surface area contributed by atoms with Crippen molar-refractivity contribution in [3.63, 3.8) is 0 Å². The molecule has 0 bridgehead atoms. The van der Waals surface area contributed by atoms with Crippen molar-refractivity contribution in [2.75, 3.05) is 10.6 Å².